The van der Waals surface area contributed by atoms with E-state index < -0.39 is 0 Å². The van der Waals surface area contributed by atoms with Crippen LogP contribution in [-0.2, 0) is 6.42 Å². The summed E-state index contributed by atoms with van der Waals surface area (Å²) in [5.74, 6) is 0.590. The molecule has 2 rings (SSSR count). The molecule has 0 unspecified atom stereocenters. The Hall–Kier alpha value is -1.56. The molecule has 0 heterocycles. The lowest BCUT2D eigenvalue weighted by Crippen LogP contribution is -1.99. The first-order chi connectivity index (χ1) is 8.58. The highest BCUT2D eigenvalue weighted by Crippen LogP contribution is 2.23. The fourth-order valence-electron chi connectivity index (χ4n) is 2.51. The highest BCUT2D eigenvalue weighted by molar-refractivity contribution is 5.38. The lowest BCUT2D eigenvalue weighted by Gasteiger charge is -2.14. The second-order valence-electron chi connectivity index (χ2n) is 5.46. The number of hydrogen-bond acceptors (Lipinski definition) is 0. The van der Waals surface area contributed by atoms with E-state index in [0.717, 1.165) is 6.42 Å². The molecule has 0 radical (unpaired) electrons. The molecule has 0 saturated heterocycles. The van der Waals surface area contributed by atoms with Crippen LogP contribution in [0.25, 0.3) is 0 Å². The number of benzene rings is 2. The second-order valence-corrected chi connectivity index (χ2v) is 5.46. The highest BCUT2D eigenvalue weighted by atomic mass is 14.1. The first-order valence-electron chi connectivity index (χ1n) is 6.72. The van der Waals surface area contributed by atoms with Gasteiger partial charge in [-0.1, -0.05) is 61.9 Å². The first-order valence-corrected chi connectivity index (χ1v) is 6.72. The van der Waals surface area contributed by atoms with Crippen LogP contribution in [0, 0.1) is 13.8 Å². The third-order valence-electron chi connectivity index (χ3n) is 3.56. The maximum Gasteiger partial charge on any atom is -0.00203 e. The molecule has 0 N–H and O–H groups in total. The molecule has 0 fully saturated rings. The van der Waals surface area contributed by atoms with E-state index in [9.17, 15) is 0 Å². The fourth-order valence-corrected chi connectivity index (χ4v) is 2.51. The summed E-state index contributed by atoms with van der Waals surface area (Å²) < 4.78 is 0. The summed E-state index contributed by atoms with van der Waals surface area (Å²) in [5, 5.41) is 0. The van der Waals surface area contributed by atoms with Gasteiger partial charge in [0.25, 0.3) is 0 Å². The Morgan fingerprint density at radius 3 is 2.28 bits per heavy atom. The molecule has 2 aromatic rings. The van der Waals surface area contributed by atoms with Gasteiger partial charge in [-0.3, -0.25) is 0 Å². The first kappa shape index (κ1) is 12.9. The standard InChI is InChI=1S/C18H22/c1-13(2)18-8-6-5-7-17(18)12-16-10-9-14(3)11-15(16)4/h5-11,13H,12H2,1-4H3. The molecule has 94 valence electrons. The third-order valence-corrected chi connectivity index (χ3v) is 3.56. The van der Waals surface area contributed by atoms with Gasteiger partial charge in [0.15, 0.2) is 0 Å². The predicted octanol–water partition coefficient (Wildman–Crippen LogP) is 5.02. The molecule has 0 spiro atoms. The van der Waals surface area contributed by atoms with Crippen molar-refractivity contribution in [3.05, 3.63) is 70.3 Å². The number of hydrogen-bond donors (Lipinski definition) is 0. The molecular weight excluding hydrogens is 216 g/mol. The molecule has 0 nitrogen and oxygen atoms in total. The van der Waals surface area contributed by atoms with Gasteiger partial charge in [0.2, 0.25) is 0 Å². The van der Waals surface area contributed by atoms with Gasteiger partial charge < -0.3 is 0 Å². The van der Waals surface area contributed by atoms with E-state index in [4.69, 9.17) is 0 Å². The minimum absolute atomic E-state index is 0.590. The monoisotopic (exact) mass is 238 g/mol. The van der Waals surface area contributed by atoms with Gasteiger partial charge in [-0.15, -0.1) is 0 Å². The largest absolute Gasteiger partial charge is 0.0620 e. The van der Waals surface area contributed by atoms with Crippen molar-refractivity contribution in [3.63, 3.8) is 0 Å². The maximum absolute atomic E-state index is 2.27. The van der Waals surface area contributed by atoms with Crippen molar-refractivity contribution < 1.29 is 0 Å². The molecule has 18 heavy (non-hydrogen) atoms. The van der Waals surface area contributed by atoms with Crippen LogP contribution in [0.1, 0.15) is 47.6 Å². The Kier molecular flexibility index (Phi) is 3.86. The normalized spacial score (nSPS) is 10.9. The van der Waals surface area contributed by atoms with E-state index >= 15 is 0 Å². The van der Waals surface area contributed by atoms with Gasteiger partial charge in [-0.2, -0.15) is 0 Å². The van der Waals surface area contributed by atoms with Crippen LogP contribution < -0.4 is 0 Å². The quantitative estimate of drug-likeness (QED) is 0.704. The lowest BCUT2D eigenvalue weighted by molar-refractivity contribution is 0.847. The Labute approximate surface area is 111 Å². The molecule has 0 aliphatic heterocycles. The summed E-state index contributed by atoms with van der Waals surface area (Å²) in [6.45, 7) is 8.89. The smallest absolute Gasteiger partial charge is 0.00203 e. The molecule has 0 heteroatoms. The van der Waals surface area contributed by atoms with Crippen molar-refractivity contribution in [2.45, 2.75) is 40.0 Å². The lowest BCUT2D eigenvalue weighted by atomic mass is 9.91. The number of rotatable bonds is 3. The fraction of sp³-hybridized carbons (Fsp3) is 0.333. The Morgan fingerprint density at radius 2 is 1.61 bits per heavy atom. The summed E-state index contributed by atoms with van der Waals surface area (Å²) in [7, 11) is 0. The minimum atomic E-state index is 0.590. The van der Waals surface area contributed by atoms with Gasteiger partial charge in [-0.05, 0) is 48.4 Å². The number of aryl methyl sites for hydroxylation is 2. The predicted molar refractivity (Wildman–Crippen MR) is 79.3 cm³/mol. The molecule has 0 bridgehead atoms. The minimum Gasteiger partial charge on any atom is -0.0620 e. The molecule has 0 amide bonds. The molecule has 0 aliphatic carbocycles. The van der Waals surface area contributed by atoms with E-state index in [1.807, 2.05) is 0 Å². The Balaban J connectivity index is 2.34. The van der Waals surface area contributed by atoms with Crippen molar-refractivity contribution in [1.82, 2.24) is 0 Å². The molecule has 0 saturated carbocycles. The van der Waals surface area contributed by atoms with E-state index in [-0.39, 0.29) is 0 Å². The zero-order chi connectivity index (χ0) is 13.1. The van der Waals surface area contributed by atoms with Crippen molar-refractivity contribution >= 4 is 0 Å². The molecule has 0 aromatic heterocycles. The van der Waals surface area contributed by atoms with E-state index in [2.05, 4.69) is 70.2 Å². The average Bonchev–Trinajstić information content (AvgIpc) is 2.33. The van der Waals surface area contributed by atoms with Crippen molar-refractivity contribution in [2.75, 3.05) is 0 Å². The zero-order valence-electron chi connectivity index (χ0n) is 11.8. The SMILES string of the molecule is Cc1ccc(Cc2ccccc2C(C)C)c(C)c1. The van der Waals surface area contributed by atoms with Crippen LogP contribution in [-0.4, -0.2) is 0 Å². The van der Waals surface area contributed by atoms with E-state index in [1.54, 1.807) is 0 Å². The topological polar surface area (TPSA) is 0 Å². The van der Waals surface area contributed by atoms with Crippen LogP contribution in [0.2, 0.25) is 0 Å². The summed E-state index contributed by atoms with van der Waals surface area (Å²) in [6, 6.07) is 15.5. The van der Waals surface area contributed by atoms with Gasteiger partial charge >= 0.3 is 0 Å². The molecule has 0 aliphatic rings. The van der Waals surface area contributed by atoms with Gasteiger partial charge in [-0.25, -0.2) is 0 Å². The summed E-state index contributed by atoms with van der Waals surface area (Å²) in [5.41, 5.74) is 7.10. The Morgan fingerprint density at radius 1 is 0.889 bits per heavy atom. The molecular formula is C18H22. The van der Waals surface area contributed by atoms with Gasteiger partial charge in [0.05, 0.1) is 0 Å². The van der Waals surface area contributed by atoms with Crippen LogP contribution in [0.15, 0.2) is 42.5 Å². The summed E-state index contributed by atoms with van der Waals surface area (Å²) in [6.07, 6.45) is 1.04. The van der Waals surface area contributed by atoms with Gasteiger partial charge in [0.1, 0.15) is 0 Å². The molecule has 2 aromatic carbocycles. The van der Waals surface area contributed by atoms with Gasteiger partial charge in [0, 0.05) is 0 Å². The maximum atomic E-state index is 2.27. The van der Waals surface area contributed by atoms with Crippen LogP contribution in [0.4, 0.5) is 0 Å². The Bertz CT molecular complexity index is 535. The zero-order valence-corrected chi connectivity index (χ0v) is 11.8. The highest BCUT2D eigenvalue weighted by Gasteiger charge is 2.07. The van der Waals surface area contributed by atoms with Crippen LogP contribution in [0.3, 0.4) is 0 Å². The summed E-state index contributed by atoms with van der Waals surface area (Å²) >= 11 is 0. The van der Waals surface area contributed by atoms with Crippen molar-refractivity contribution in [2.24, 2.45) is 0 Å². The van der Waals surface area contributed by atoms with Crippen LogP contribution in [0.5, 0.6) is 0 Å². The second kappa shape index (κ2) is 5.39. The van der Waals surface area contributed by atoms with Crippen molar-refractivity contribution in [3.8, 4) is 0 Å². The van der Waals surface area contributed by atoms with Crippen LogP contribution >= 0.6 is 0 Å². The van der Waals surface area contributed by atoms with Crippen molar-refractivity contribution in [1.29, 1.82) is 0 Å². The third kappa shape index (κ3) is 2.81. The summed E-state index contributed by atoms with van der Waals surface area (Å²) in [4.78, 5) is 0. The van der Waals surface area contributed by atoms with E-state index in [1.165, 1.54) is 27.8 Å². The molecule has 0 atom stereocenters. The van der Waals surface area contributed by atoms with E-state index in [0.29, 0.717) is 5.92 Å². The average molecular weight is 238 g/mol.